The van der Waals surface area contributed by atoms with Gasteiger partial charge < -0.3 is 20.4 Å². The minimum atomic E-state index is 0.409. The molecular formula is C31H40N6. The predicted molar refractivity (Wildman–Crippen MR) is 153 cm³/mol. The molecule has 3 heterocycles. The smallest absolute Gasteiger partial charge is 0.151 e. The first-order valence-corrected chi connectivity index (χ1v) is 14.3. The van der Waals surface area contributed by atoms with Gasteiger partial charge in [0.25, 0.3) is 0 Å². The lowest BCUT2D eigenvalue weighted by Gasteiger charge is -2.36. The molecule has 0 bridgehead atoms. The Bertz CT molecular complexity index is 1120. The zero-order chi connectivity index (χ0) is 24.9. The molecule has 0 radical (unpaired) electrons. The summed E-state index contributed by atoms with van der Waals surface area (Å²) < 4.78 is 0. The molecule has 1 atom stereocenters. The number of likely N-dealkylation sites (tertiary alicyclic amines) is 1. The molecule has 1 aliphatic carbocycles. The molecule has 2 N–H and O–H groups in total. The quantitative estimate of drug-likeness (QED) is 0.393. The van der Waals surface area contributed by atoms with Crippen molar-refractivity contribution in [3.63, 3.8) is 0 Å². The maximum atomic E-state index is 4.91. The lowest BCUT2D eigenvalue weighted by atomic mass is 9.88. The first-order valence-electron chi connectivity index (χ1n) is 14.3. The number of hydrogen-bond acceptors (Lipinski definition) is 6. The third-order valence-corrected chi connectivity index (χ3v) is 8.54. The molecule has 3 fully saturated rings. The number of anilines is 4. The van der Waals surface area contributed by atoms with Crippen molar-refractivity contribution in [2.24, 2.45) is 0 Å². The van der Waals surface area contributed by atoms with E-state index in [4.69, 9.17) is 4.98 Å². The summed E-state index contributed by atoms with van der Waals surface area (Å²) in [6, 6.07) is 20.8. The number of nitrogens with one attached hydrogen (secondary N) is 2. The monoisotopic (exact) mass is 496 g/mol. The van der Waals surface area contributed by atoms with Gasteiger partial charge in [-0.1, -0.05) is 43.2 Å². The van der Waals surface area contributed by atoms with Crippen LogP contribution in [0.25, 0.3) is 0 Å². The molecule has 3 aliphatic rings. The van der Waals surface area contributed by atoms with Gasteiger partial charge in [0.1, 0.15) is 5.82 Å². The van der Waals surface area contributed by atoms with Crippen LogP contribution in [0.2, 0.25) is 0 Å². The van der Waals surface area contributed by atoms with E-state index in [-0.39, 0.29) is 0 Å². The Balaban J connectivity index is 1.04. The number of piperidine rings is 2. The summed E-state index contributed by atoms with van der Waals surface area (Å²) >= 11 is 0. The molecule has 2 aliphatic heterocycles. The van der Waals surface area contributed by atoms with Crippen LogP contribution in [0, 0.1) is 0 Å². The Morgan fingerprint density at radius 2 is 1.51 bits per heavy atom. The Hall–Kier alpha value is -3.12. The molecule has 194 valence electrons. The van der Waals surface area contributed by atoms with Crippen molar-refractivity contribution in [3.8, 4) is 0 Å². The van der Waals surface area contributed by atoms with E-state index < -0.39 is 0 Å². The first kappa shape index (κ1) is 24.2. The topological polar surface area (TPSA) is 56.3 Å². The Morgan fingerprint density at radius 1 is 0.730 bits per heavy atom. The number of benzene rings is 2. The number of hydrogen-bond donors (Lipinski definition) is 2. The maximum absolute atomic E-state index is 4.91. The number of rotatable bonds is 7. The van der Waals surface area contributed by atoms with E-state index in [9.17, 15) is 0 Å². The molecule has 6 heteroatoms. The van der Waals surface area contributed by atoms with Crippen molar-refractivity contribution in [1.29, 1.82) is 0 Å². The molecule has 6 nitrogen and oxygen atoms in total. The van der Waals surface area contributed by atoms with Crippen molar-refractivity contribution >= 4 is 23.0 Å². The summed E-state index contributed by atoms with van der Waals surface area (Å²) in [6.07, 6.45) is 14.3. The Labute approximate surface area is 221 Å². The molecule has 1 saturated carbocycles. The summed E-state index contributed by atoms with van der Waals surface area (Å²) in [5.41, 5.74) is 3.72. The molecule has 3 aromatic rings. The van der Waals surface area contributed by atoms with Crippen molar-refractivity contribution in [2.45, 2.75) is 69.4 Å². The van der Waals surface area contributed by atoms with Crippen LogP contribution in [0.15, 0.2) is 67.0 Å². The predicted octanol–water partition coefficient (Wildman–Crippen LogP) is 6.42. The fourth-order valence-electron chi connectivity index (χ4n) is 6.50. The van der Waals surface area contributed by atoms with Crippen molar-refractivity contribution in [2.75, 3.05) is 41.7 Å². The first-order chi connectivity index (χ1) is 18.3. The minimum absolute atomic E-state index is 0.409. The van der Waals surface area contributed by atoms with Crippen LogP contribution in [0.1, 0.15) is 62.8 Å². The molecular weight excluding hydrogens is 456 g/mol. The van der Waals surface area contributed by atoms with Crippen LogP contribution in [0.3, 0.4) is 0 Å². The van der Waals surface area contributed by atoms with E-state index in [1.54, 1.807) is 0 Å². The van der Waals surface area contributed by atoms with Gasteiger partial charge in [-0.25, -0.2) is 4.98 Å². The standard InChI is InChI=1S/C31H40N6/c1-2-7-26(8-3-1)33-28-9-6-18-37(23-28)31-22-32-21-30(35-31)34-27-14-12-24(13-15-27)25-16-19-36(20-17-25)29-10-4-5-11-29/h1-3,7-8,12-15,21-22,25,28-29,33H,4-6,9-11,16-20,23H2,(H,34,35)/t28-/m1/s1. The van der Waals surface area contributed by atoms with E-state index >= 15 is 0 Å². The van der Waals surface area contributed by atoms with E-state index in [0.717, 1.165) is 42.9 Å². The van der Waals surface area contributed by atoms with Gasteiger partial charge in [-0.2, -0.15) is 0 Å². The zero-order valence-electron chi connectivity index (χ0n) is 21.9. The molecule has 0 unspecified atom stereocenters. The van der Waals surface area contributed by atoms with Gasteiger partial charge in [0.2, 0.25) is 0 Å². The molecule has 2 saturated heterocycles. The summed E-state index contributed by atoms with van der Waals surface area (Å²) in [7, 11) is 0. The molecule has 2 aromatic carbocycles. The van der Waals surface area contributed by atoms with E-state index in [1.165, 1.54) is 69.3 Å². The van der Waals surface area contributed by atoms with Gasteiger partial charge in [0, 0.05) is 36.5 Å². The minimum Gasteiger partial charge on any atom is -0.381 e. The average molecular weight is 497 g/mol. The van der Waals surface area contributed by atoms with E-state index in [0.29, 0.717) is 12.0 Å². The second-order valence-electron chi connectivity index (χ2n) is 11.1. The van der Waals surface area contributed by atoms with Crippen molar-refractivity contribution < 1.29 is 0 Å². The Kier molecular flexibility index (Phi) is 7.54. The maximum Gasteiger partial charge on any atom is 0.151 e. The summed E-state index contributed by atoms with van der Waals surface area (Å²) in [6.45, 7) is 4.46. The summed E-state index contributed by atoms with van der Waals surface area (Å²) in [5, 5.41) is 7.16. The lowest BCUT2D eigenvalue weighted by Crippen LogP contribution is -2.42. The Morgan fingerprint density at radius 3 is 2.30 bits per heavy atom. The van der Waals surface area contributed by atoms with Gasteiger partial charge >= 0.3 is 0 Å². The van der Waals surface area contributed by atoms with Gasteiger partial charge in [-0.15, -0.1) is 0 Å². The van der Waals surface area contributed by atoms with Crippen LogP contribution < -0.4 is 15.5 Å². The molecule has 6 rings (SSSR count). The van der Waals surface area contributed by atoms with Gasteiger partial charge in [-0.3, -0.25) is 4.98 Å². The third kappa shape index (κ3) is 6.07. The van der Waals surface area contributed by atoms with E-state index in [2.05, 4.69) is 80.0 Å². The van der Waals surface area contributed by atoms with E-state index in [1.807, 2.05) is 12.4 Å². The fourth-order valence-corrected chi connectivity index (χ4v) is 6.50. The highest BCUT2D eigenvalue weighted by atomic mass is 15.2. The lowest BCUT2D eigenvalue weighted by molar-refractivity contribution is 0.154. The van der Waals surface area contributed by atoms with Crippen LogP contribution in [-0.2, 0) is 0 Å². The number of aromatic nitrogens is 2. The molecule has 1 aromatic heterocycles. The van der Waals surface area contributed by atoms with Gasteiger partial charge in [0.15, 0.2) is 5.82 Å². The molecule has 37 heavy (non-hydrogen) atoms. The van der Waals surface area contributed by atoms with Crippen LogP contribution >= 0.6 is 0 Å². The number of nitrogens with zero attached hydrogens (tertiary/aromatic N) is 4. The normalized spacial score (nSPS) is 21.7. The van der Waals surface area contributed by atoms with Gasteiger partial charge in [0.05, 0.1) is 12.4 Å². The van der Waals surface area contributed by atoms with Crippen LogP contribution in [0.4, 0.5) is 23.0 Å². The molecule has 0 amide bonds. The van der Waals surface area contributed by atoms with Crippen molar-refractivity contribution in [1.82, 2.24) is 14.9 Å². The summed E-state index contributed by atoms with van der Waals surface area (Å²) in [4.78, 5) is 14.5. The SMILES string of the molecule is c1ccc(N[C@@H]2CCCN(c3cncc(Nc4ccc(C5CCN(C6CCCC6)CC5)cc4)n3)C2)cc1. The van der Waals surface area contributed by atoms with Crippen LogP contribution in [-0.4, -0.2) is 53.1 Å². The van der Waals surface area contributed by atoms with Crippen LogP contribution in [0.5, 0.6) is 0 Å². The van der Waals surface area contributed by atoms with Gasteiger partial charge in [-0.05, 0) is 87.4 Å². The zero-order valence-corrected chi connectivity index (χ0v) is 21.9. The largest absolute Gasteiger partial charge is 0.381 e. The van der Waals surface area contributed by atoms with Crippen molar-refractivity contribution in [3.05, 3.63) is 72.6 Å². The fraction of sp³-hybridized carbons (Fsp3) is 0.484. The molecule has 0 spiro atoms. The third-order valence-electron chi connectivity index (χ3n) is 8.54. The second-order valence-corrected chi connectivity index (χ2v) is 11.1. The average Bonchev–Trinajstić information content (AvgIpc) is 3.50. The number of para-hydroxylation sites is 1. The highest BCUT2D eigenvalue weighted by molar-refractivity contribution is 5.58. The summed E-state index contributed by atoms with van der Waals surface area (Å²) in [5.74, 6) is 2.43. The highest BCUT2D eigenvalue weighted by Gasteiger charge is 2.27. The highest BCUT2D eigenvalue weighted by Crippen LogP contribution is 2.33. The second kappa shape index (κ2) is 11.5.